The summed E-state index contributed by atoms with van der Waals surface area (Å²) in [6, 6.07) is 2.64. The van der Waals surface area contributed by atoms with Crippen LogP contribution in [-0.4, -0.2) is 15.0 Å². The molecule has 0 aliphatic rings. The normalized spacial score (nSPS) is 10.6. The summed E-state index contributed by atoms with van der Waals surface area (Å²) in [6.07, 6.45) is 1.54. The second-order valence-corrected chi connectivity index (χ2v) is 3.76. The van der Waals surface area contributed by atoms with Crippen molar-refractivity contribution in [3.63, 3.8) is 0 Å². The molecule has 6 heteroatoms. The van der Waals surface area contributed by atoms with Crippen molar-refractivity contribution in [3.05, 3.63) is 41.2 Å². The van der Waals surface area contributed by atoms with Crippen molar-refractivity contribution in [3.8, 4) is 0 Å². The van der Waals surface area contributed by atoms with E-state index in [-0.39, 0.29) is 12.2 Å². The maximum atomic E-state index is 13.7. The SMILES string of the molecule is Cc1ccc(F)c(NCc2cnnn2C)c1F. The molecule has 1 aromatic carbocycles. The van der Waals surface area contributed by atoms with Crippen LogP contribution in [0.3, 0.4) is 0 Å². The van der Waals surface area contributed by atoms with Crippen LogP contribution >= 0.6 is 0 Å². The summed E-state index contributed by atoms with van der Waals surface area (Å²) in [6.45, 7) is 1.85. The third kappa shape index (κ3) is 2.25. The first kappa shape index (κ1) is 11.5. The van der Waals surface area contributed by atoms with Gasteiger partial charge >= 0.3 is 0 Å². The fraction of sp³-hybridized carbons (Fsp3) is 0.273. The Morgan fingerprint density at radius 3 is 2.76 bits per heavy atom. The molecule has 0 fully saturated rings. The van der Waals surface area contributed by atoms with Gasteiger partial charge in [0, 0.05) is 7.05 Å². The maximum Gasteiger partial charge on any atom is 0.152 e. The lowest BCUT2D eigenvalue weighted by Gasteiger charge is -2.09. The Balaban J connectivity index is 2.20. The molecule has 2 aromatic rings. The molecule has 0 saturated heterocycles. The minimum absolute atomic E-state index is 0.119. The average Bonchev–Trinajstić information content (AvgIpc) is 2.70. The van der Waals surface area contributed by atoms with Crippen LogP contribution in [0.1, 0.15) is 11.3 Å². The lowest BCUT2D eigenvalue weighted by molar-refractivity contribution is 0.581. The van der Waals surface area contributed by atoms with Gasteiger partial charge in [0.15, 0.2) is 5.82 Å². The number of hydrogen-bond acceptors (Lipinski definition) is 3. The van der Waals surface area contributed by atoms with Gasteiger partial charge in [-0.05, 0) is 18.6 Å². The largest absolute Gasteiger partial charge is 0.375 e. The number of benzene rings is 1. The van der Waals surface area contributed by atoms with Crippen molar-refractivity contribution in [2.75, 3.05) is 5.32 Å². The molecule has 0 atom stereocenters. The molecule has 17 heavy (non-hydrogen) atoms. The zero-order valence-corrected chi connectivity index (χ0v) is 9.54. The summed E-state index contributed by atoms with van der Waals surface area (Å²) in [5.41, 5.74) is 1.02. The minimum Gasteiger partial charge on any atom is -0.375 e. The molecule has 1 N–H and O–H groups in total. The average molecular weight is 238 g/mol. The first-order valence-corrected chi connectivity index (χ1v) is 5.11. The summed E-state index contributed by atoms with van der Waals surface area (Å²) >= 11 is 0. The van der Waals surface area contributed by atoms with Gasteiger partial charge in [-0.25, -0.2) is 8.78 Å². The number of nitrogens with zero attached hydrogens (tertiary/aromatic N) is 3. The molecule has 0 bridgehead atoms. The number of hydrogen-bond donors (Lipinski definition) is 1. The standard InChI is InChI=1S/C11H12F2N4/c1-7-3-4-9(12)11(10(7)13)14-5-8-6-15-16-17(8)2/h3-4,6,14H,5H2,1-2H3. The van der Waals surface area contributed by atoms with E-state index in [1.54, 1.807) is 24.9 Å². The van der Waals surface area contributed by atoms with E-state index in [1.807, 2.05) is 0 Å². The highest BCUT2D eigenvalue weighted by atomic mass is 19.1. The van der Waals surface area contributed by atoms with Crippen molar-refractivity contribution < 1.29 is 8.78 Å². The molecule has 0 aliphatic carbocycles. The molecule has 0 amide bonds. The van der Waals surface area contributed by atoms with Crippen LogP contribution in [0.15, 0.2) is 18.3 Å². The Kier molecular flexibility index (Phi) is 3.03. The first-order valence-electron chi connectivity index (χ1n) is 5.11. The van der Waals surface area contributed by atoms with Crippen molar-refractivity contribution in [1.82, 2.24) is 15.0 Å². The number of rotatable bonds is 3. The fourth-order valence-corrected chi connectivity index (χ4v) is 1.47. The van der Waals surface area contributed by atoms with Gasteiger partial charge in [0.05, 0.1) is 18.4 Å². The van der Waals surface area contributed by atoms with E-state index in [9.17, 15) is 8.78 Å². The lowest BCUT2D eigenvalue weighted by Crippen LogP contribution is -2.08. The molecule has 0 aliphatic heterocycles. The summed E-state index contributed by atoms with van der Waals surface area (Å²) in [7, 11) is 1.72. The zero-order valence-electron chi connectivity index (χ0n) is 9.54. The zero-order chi connectivity index (χ0) is 12.4. The Bertz CT molecular complexity index is 536. The second kappa shape index (κ2) is 4.48. The van der Waals surface area contributed by atoms with Crippen LogP contribution in [0.2, 0.25) is 0 Å². The Labute approximate surface area is 97.3 Å². The maximum absolute atomic E-state index is 13.7. The number of aromatic nitrogens is 3. The number of halogens is 2. The van der Waals surface area contributed by atoms with E-state index in [1.165, 1.54) is 12.1 Å². The van der Waals surface area contributed by atoms with Crippen molar-refractivity contribution in [1.29, 1.82) is 0 Å². The summed E-state index contributed by atoms with van der Waals surface area (Å²) in [5, 5.41) is 10.1. The molecule has 1 heterocycles. The van der Waals surface area contributed by atoms with E-state index in [2.05, 4.69) is 15.6 Å². The Morgan fingerprint density at radius 2 is 2.12 bits per heavy atom. The lowest BCUT2D eigenvalue weighted by atomic mass is 10.2. The first-order chi connectivity index (χ1) is 8.09. The van der Waals surface area contributed by atoms with E-state index in [0.717, 1.165) is 5.69 Å². The highest BCUT2D eigenvalue weighted by Gasteiger charge is 2.11. The molecule has 1 aromatic heterocycles. The van der Waals surface area contributed by atoms with E-state index < -0.39 is 11.6 Å². The molecule has 2 rings (SSSR count). The molecule has 0 spiro atoms. The van der Waals surface area contributed by atoms with Crippen molar-refractivity contribution in [2.45, 2.75) is 13.5 Å². The summed E-state index contributed by atoms with van der Waals surface area (Å²) in [4.78, 5) is 0. The topological polar surface area (TPSA) is 42.7 Å². The van der Waals surface area contributed by atoms with Gasteiger partial charge in [-0.1, -0.05) is 11.3 Å². The highest BCUT2D eigenvalue weighted by molar-refractivity contribution is 5.49. The summed E-state index contributed by atoms with van der Waals surface area (Å²) < 4.78 is 28.6. The quantitative estimate of drug-likeness (QED) is 0.889. The van der Waals surface area contributed by atoms with Crippen LogP contribution in [0.5, 0.6) is 0 Å². The van der Waals surface area contributed by atoms with Gasteiger partial charge in [0.25, 0.3) is 0 Å². The van der Waals surface area contributed by atoms with Gasteiger partial charge in [0.2, 0.25) is 0 Å². The van der Waals surface area contributed by atoms with Gasteiger partial charge in [0.1, 0.15) is 11.5 Å². The Hall–Kier alpha value is -1.98. The van der Waals surface area contributed by atoms with Crippen LogP contribution < -0.4 is 5.32 Å². The third-order valence-corrected chi connectivity index (χ3v) is 2.54. The summed E-state index contributed by atoms with van der Waals surface area (Å²) in [5.74, 6) is -1.18. The molecule has 90 valence electrons. The molecular formula is C11H12F2N4. The van der Waals surface area contributed by atoms with E-state index in [0.29, 0.717) is 5.56 Å². The van der Waals surface area contributed by atoms with Crippen LogP contribution in [0.25, 0.3) is 0 Å². The number of nitrogens with one attached hydrogen (secondary N) is 1. The van der Waals surface area contributed by atoms with Crippen LogP contribution in [0, 0.1) is 18.6 Å². The predicted molar refractivity (Wildman–Crippen MR) is 59.4 cm³/mol. The highest BCUT2D eigenvalue weighted by Crippen LogP contribution is 2.22. The smallest absolute Gasteiger partial charge is 0.152 e. The van der Waals surface area contributed by atoms with Gasteiger partial charge < -0.3 is 5.32 Å². The van der Waals surface area contributed by atoms with Gasteiger partial charge in [-0.2, -0.15) is 0 Å². The monoisotopic (exact) mass is 238 g/mol. The molecule has 0 radical (unpaired) electrons. The molecule has 0 unspecified atom stereocenters. The van der Waals surface area contributed by atoms with E-state index in [4.69, 9.17) is 0 Å². The number of anilines is 1. The third-order valence-electron chi connectivity index (χ3n) is 2.54. The van der Waals surface area contributed by atoms with Gasteiger partial charge in [-0.3, -0.25) is 4.68 Å². The van der Waals surface area contributed by atoms with E-state index >= 15 is 0 Å². The molecule has 0 saturated carbocycles. The van der Waals surface area contributed by atoms with Crippen molar-refractivity contribution >= 4 is 5.69 Å². The second-order valence-electron chi connectivity index (χ2n) is 3.76. The number of aryl methyl sites for hydroxylation is 2. The van der Waals surface area contributed by atoms with Gasteiger partial charge in [-0.15, -0.1) is 5.10 Å². The molecular weight excluding hydrogens is 226 g/mol. The van der Waals surface area contributed by atoms with Crippen molar-refractivity contribution in [2.24, 2.45) is 7.05 Å². The fourth-order valence-electron chi connectivity index (χ4n) is 1.47. The predicted octanol–water partition coefficient (Wildman–Crippen LogP) is 2.01. The molecule has 4 nitrogen and oxygen atoms in total. The minimum atomic E-state index is -0.608. The van der Waals surface area contributed by atoms with Crippen LogP contribution in [-0.2, 0) is 13.6 Å². The van der Waals surface area contributed by atoms with Crippen LogP contribution in [0.4, 0.5) is 14.5 Å². The Morgan fingerprint density at radius 1 is 1.35 bits per heavy atom.